The fourth-order valence-corrected chi connectivity index (χ4v) is 1.75. The van der Waals surface area contributed by atoms with Crippen LogP contribution in [0.25, 0.3) is 11.0 Å². The van der Waals surface area contributed by atoms with Gasteiger partial charge in [-0.2, -0.15) is 5.10 Å². The van der Waals surface area contributed by atoms with Crippen molar-refractivity contribution in [2.45, 2.75) is 0 Å². The Labute approximate surface area is 114 Å². The van der Waals surface area contributed by atoms with E-state index in [2.05, 4.69) is 25.5 Å². The predicted molar refractivity (Wildman–Crippen MR) is 75.4 cm³/mol. The largest absolute Gasteiger partial charge is 0.337 e. The lowest BCUT2D eigenvalue weighted by molar-refractivity contribution is 0.0955. The average molecular weight is 265 g/mol. The topological polar surface area (TPSA) is 83.0 Å². The molecule has 0 saturated carbocycles. The standard InChI is InChI=1S/C14H11N5O/c20-14(10-4-3-7-15-8-10)19-16-9-13-17-11-5-1-2-6-12(11)18-13/h1-9H,(H,17,18)(H,19,20)/b16-9-. The Balaban J connectivity index is 1.70. The number of fused-ring (bicyclic) bond motifs is 1. The molecule has 0 radical (unpaired) electrons. The van der Waals surface area contributed by atoms with E-state index in [1.807, 2.05) is 24.3 Å². The van der Waals surface area contributed by atoms with E-state index in [9.17, 15) is 4.79 Å². The van der Waals surface area contributed by atoms with Gasteiger partial charge < -0.3 is 4.98 Å². The Morgan fingerprint density at radius 3 is 2.95 bits per heavy atom. The molecular formula is C14H11N5O. The fraction of sp³-hybridized carbons (Fsp3) is 0. The van der Waals surface area contributed by atoms with Gasteiger partial charge in [0.15, 0.2) is 5.82 Å². The summed E-state index contributed by atoms with van der Waals surface area (Å²) in [5.41, 5.74) is 4.65. The van der Waals surface area contributed by atoms with Crippen LogP contribution >= 0.6 is 0 Å². The zero-order valence-electron chi connectivity index (χ0n) is 10.4. The molecule has 2 N–H and O–H groups in total. The summed E-state index contributed by atoms with van der Waals surface area (Å²) < 4.78 is 0. The van der Waals surface area contributed by atoms with Gasteiger partial charge in [-0.3, -0.25) is 9.78 Å². The molecule has 6 heteroatoms. The number of benzene rings is 1. The van der Waals surface area contributed by atoms with Crippen LogP contribution in [0.2, 0.25) is 0 Å². The van der Waals surface area contributed by atoms with Crippen molar-refractivity contribution in [3.63, 3.8) is 0 Å². The quantitative estimate of drug-likeness (QED) is 0.558. The summed E-state index contributed by atoms with van der Waals surface area (Å²) in [6.45, 7) is 0. The number of rotatable bonds is 3. The smallest absolute Gasteiger partial charge is 0.272 e. The number of nitrogens with zero attached hydrogens (tertiary/aromatic N) is 3. The molecule has 0 unspecified atom stereocenters. The highest BCUT2D eigenvalue weighted by atomic mass is 16.2. The number of aromatic amines is 1. The SMILES string of the molecule is O=C(N/N=C\c1nc2ccccc2[nH]1)c1cccnc1. The maximum Gasteiger partial charge on any atom is 0.272 e. The number of hydrogen-bond donors (Lipinski definition) is 2. The zero-order chi connectivity index (χ0) is 13.8. The van der Waals surface area contributed by atoms with Crippen molar-refractivity contribution in [2.24, 2.45) is 5.10 Å². The number of nitrogens with one attached hydrogen (secondary N) is 2. The minimum atomic E-state index is -0.314. The third-order valence-electron chi connectivity index (χ3n) is 2.68. The van der Waals surface area contributed by atoms with Crippen molar-refractivity contribution in [1.82, 2.24) is 20.4 Å². The van der Waals surface area contributed by atoms with Crippen LogP contribution in [0.5, 0.6) is 0 Å². The molecule has 0 fully saturated rings. The van der Waals surface area contributed by atoms with Crippen LogP contribution in [-0.2, 0) is 0 Å². The maximum absolute atomic E-state index is 11.7. The molecule has 0 bridgehead atoms. The minimum Gasteiger partial charge on any atom is -0.337 e. The van der Waals surface area contributed by atoms with Gasteiger partial charge in [0.25, 0.3) is 5.91 Å². The van der Waals surface area contributed by atoms with E-state index in [4.69, 9.17) is 0 Å². The molecule has 6 nitrogen and oxygen atoms in total. The van der Waals surface area contributed by atoms with Gasteiger partial charge in [-0.25, -0.2) is 10.4 Å². The number of pyridine rings is 1. The molecule has 2 aromatic heterocycles. The summed E-state index contributed by atoms with van der Waals surface area (Å²) in [5.74, 6) is 0.267. The van der Waals surface area contributed by atoms with E-state index in [1.165, 1.54) is 12.4 Å². The number of amides is 1. The molecule has 0 saturated heterocycles. The molecule has 0 aliphatic carbocycles. The normalized spacial score (nSPS) is 11.0. The molecule has 3 aromatic rings. The molecule has 98 valence electrons. The van der Waals surface area contributed by atoms with Crippen molar-refractivity contribution >= 4 is 23.2 Å². The molecule has 3 rings (SSSR count). The zero-order valence-corrected chi connectivity index (χ0v) is 10.4. The second kappa shape index (κ2) is 5.31. The third kappa shape index (κ3) is 2.54. The van der Waals surface area contributed by atoms with E-state index in [0.29, 0.717) is 11.4 Å². The predicted octanol–water partition coefficient (Wildman–Crippen LogP) is 1.72. The van der Waals surface area contributed by atoms with Crippen LogP contribution in [0.15, 0.2) is 53.9 Å². The fourth-order valence-electron chi connectivity index (χ4n) is 1.75. The van der Waals surface area contributed by atoms with E-state index < -0.39 is 0 Å². The molecule has 0 atom stereocenters. The number of carbonyl (C=O) groups excluding carboxylic acids is 1. The number of aromatic nitrogens is 3. The van der Waals surface area contributed by atoms with Gasteiger partial charge >= 0.3 is 0 Å². The Morgan fingerprint density at radius 1 is 1.25 bits per heavy atom. The first kappa shape index (κ1) is 12.0. The van der Waals surface area contributed by atoms with Crippen molar-refractivity contribution in [1.29, 1.82) is 0 Å². The van der Waals surface area contributed by atoms with Gasteiger partial charge in [0.05, 0.1) is 22.8 Å². The maximum atomic E-state index is 11.7. The number of hydrogen-bond acceptors (Lipinski definition) is 4. The van der Waals surface area contributed by atoms with Crippen molar-refractivity contribution < 1.29 is 4.79 Å². The Bertz CT molecular complexity index is 730. The summed E-state index contributed by atoms with van der Waals surface area (Å²) in [6.07, 6.45) is 4.55. The lowest BCUT2D eigenvalue weighted by Crippen LogP contribution is -2.17. The Hall–Kier alpha value is -3.02. The van der Waals surface area contributed by atoms with Gasteiger partial charge in [-0.1, -0.05) is 12.1 Å². The van der Waals surface area contributed by atoms with Gasteiger partial charge in [0.1, 0.15) is 0 Å². The molecule has 0 aliphatic heterocycles. The Morgan fingerprint density at radius 2 is 2.15 bits per heavy atom. The highest BCUT2D eigenvalue weighted by Crippen LogP contribution is 2.08. The number of imidazole rings is 1. The molecule has 0 aliphatic rings. The summed E-state index contributed by atoms with van der Waals surface area (Å²) in [7, 11) is 0. The second-order valence-corrected chi connectivity index (χ2v) is 4.08. The van der Waals surface area contributed by atoms with Crippen LogP contribution in [0.1, 0.15) is 16.2 Å². The van der Waals surface area contributed by atoms with Crippen LogP contribution < -0.4 is 5.43 Å². The van der Waals surface area contributed by atoms with Crippen LogP contribution in [0.4, 0.5) is 0 Å². The first-order valence-corrected chi connectivity index (χ1v) is 6.01. The highest BCUT2D eigenvalue weighted by Gasteiger charge is 2.03. The first-order chi connectivity index (χ1) is 9.83. The molecule has 1 aromatic carbocycles. The lowest BCUT2D eigenvalue weighted by Gasteiger charge is -1.97. The van der Waals surface area contributed by atoms with Crippen LogP contribution in [0.3, 0.4) is 0 Å². The van der Waals surface area contributed by atoms with Crippen LogP contribution in [0, 0.1) is 0 Å². The van der Waals surface area contributed by atoms with Gasteiger partial charge in [-0.05, 0) is 24.3 Å². The van der Waals surface area contributed by atoms with E-state index in [0.717, 1.165) is 11.0 Å². The first-order valence-electron chi connectivity index (χ1n) is 6.01. The summed E-state index contributed by atoms with van der Waals surface area (Å²) in [5, 5.41) is 3.87. The lowest BCUT2D eigenvalue weighted by atomic mass is 10.3. The van der Waals surface area contributed by atoms with Gasteiger partial charge in [0.2, 0.25) is 0 Å². The monoisotopic (exact) mass is 265 g/mol. The summed E-state index contributed by atoms with van der Waals surface area (Å²) in [4.78, 5) is 23.0. The molecule has 20 heavy (non-hydrogen) atoms. The van der Waals surface area contributed by atoms with Crippen molar-refractivity contribution in [3.05, 3.63) is 60.2 Å². The minimum absolute atomic E-state index is 0.314. The molecule has 0 spiro atoms. The summed E-state index contributed by atoms with van der Waals surface area (Å²) in [6, 6.07) is 11.0. The third-order valence-corrected chi connectivity index (χ3v) is 2.68. The second-order valence-electron chi connectivity index (χ2n) is 4.08. The van der Waals surface area contributed by atoms with E-state index in [1.54, 1.807) is 18.3 Å². The van der Waals surface area contributed by atoms with Crippen molar-refractivity contribution in [2.75, 3.05) is 0 Å². The highest BCUT2D eigenvalue weighted by molar-refractivity contribution is 5.94. The molecule has 2 heterocycles. The number of para-hydroxylation sites is 2. The van der Waals surface area contributed by atoms with E-state index >= 15 is 0 Å². The summed E-state index contributed by atoms with van der Waals surface area (Å²) >= 11 is 0. The van der Waals surface area contributed by atoms with Crippen molar-refractivity contribution in [3.8, 4) is 0 Å². The van der Waals surface area contributed by atoms with Gasteiger partial charge in [0, 0.05) is 12.4 Å². The molecule has 1 amide bonds. The number of carbonyl (C=O) groups is 1. The molecular weight excluding hydrogens is 254 g/mol. The Kier molecular flexibility index (Phi) is 3.20. The van der Waals surface area contributed by atoms with Crippen LogP contribution in [-0.4, -0.2) is 27.1 Å². The van der Waals surface area contributed by atoms with E-state index in [-0.39, 0.29) is 5.91 Å². The number of H-pyrrole nitrogens is 1. The number of hydrazone groups is 1. The average Bonchev–Trinajstić information content (AvgIpc) is 2.90. The van der Waals surface area contributed by atoms with Gasteiger partial charge in [-0.15, -0.1) is 0 Å².